The molecule has 2 aromatic rings. The third-order valence-corrected chi connectivity index (χ3v) is 3.22. The van der Waals surface area contributed by atoms with Crippen molar-refractivity contribution in [1.29, 1.82) is 0 Å². The molecule has 1 aromatic carbocycles. The Bertz CT molecular complexity index is 677. The number of benzene rings is 1. The summed E-state index contributed by atoms with van der Waals surface area (Å²) in [5.74, 6) is -0.949. The van der Waals surface area contributed by atoms with E-state index in [9.17, 15) is 13.6 Å². The molecule has 0 saturated heterocycles. The first kappa shape index (κ1) is 12.8. The summed E-state index contributed by atoms with van der Waals surface area (Å²) in [7, 11) is 0. The van der Waals surface area contributed by atoms with Gasteiger partial charge in [0.15, 0.2) is 11.6 Å². The molecule has 1 N–H and O–H groups in total. The summed E-state index contributed by atoms with van der Waals surface area (Å²) < 4.78 is 28.0. The summed E-state index contributed by atoms with van der Waals surface area (Å²) in [6, 6.07) is 4.95. The molecule has 1 heterocycles. The van der Waals surface area contributed by atoms with Crippen LogP contribution in [-0.2, 0) is 4.79 Å². The van der Waals surface area contributed by atoms with Crippen LogP contribution < -0.4 is 5.32 Å². The summed E-state index contributed by atoms with van der Waals surface area (Å²) in [6.45, 7) is 1.74. The SMILES string of the molecule is Cc1cc(NC(=O)C2CC2)nn1-c1ccc(F)cc1F. The molecule has 20 heavy (non-hydrogen) atoms. The van der Waals surface area contributed by atoms with Gasteiger partial charge in [-0.2, -0.15) is 0 Å². The smallest absolute Gasteiger partial charge is 0.228 e. The molecular weight excluding hydrogens is 264 g/mol. The molecule has 3 rings (SSSR count). The van der Waals surface area contributed by atoms with Crippen molar-refractivity contribution in [2.24, 2.45) is 5.92 Å². The number of anilines is 1. The monoisotopic (exact) mass is 277 g/mol. The summed E-state index contributed by atoms with van der Waals surface area (Å²) >= 11 is 0. The third-order valence-electron chi connectivity index (χ3n) is 3.22. The van der Waals surface area contributed by atoms with E-state index in [1.165, 1.54) is 16.8 Å². The number of nitrogens with one attached hydrogen (secondary N) is 1. The predicted molar refractivity (Wildman–Crippen MR) is 69.6 cm³/mol. The Kier molecular flexibility index (Phi) is 3.00. The van der Waals surface area contributed by atoms with Crippen molar-refractivity contribution in [3.63, 3.8) is 0 Å². The number of aromatic nitrogens is 2. The zero-order valence-electron chi connectivity index (χ0n) is 10.9. The predicted octanol–water partition coefficient (Wildman–Crippen LogP) is 2.81. The second-order valence-corrected chi connectivity index (χ2v) is 4.94. The largest absolute Gasteiger partial charge is 0.309 e. The standard InChI is InChI=1S/C14H13F2N3O/c1-8-6-13(17-14(20)9-2-3-9)18-19(8)12-5-4-10(15)7-11(12)16/h4-7,9H,2-3H2,1H3,(H,17,18,20). The zero-order valence-corrected chi connectivity index (χ0v) is 10.9. The van der Waals surface area contributed by atoms with Gasteiger partial charge in [-0.1, -0.05) is 0 Å². The number of halogens is 2. The maximum absolute atomic E-state index is 13.7. The van der Waals surface area contributed by atoms with E-state index in [0.717, 1.165) is 18.9 Å². The fraction of sp³-hybridized carbons (Fsp3) is 0.286. The number of hydrogen-bond acceptors (Lipinski definition) is 2. The quantitative estimate of drug-likeness (QED) is 0.937. The molecule has 1 aliphatic rings. The van der Waals surface area contributed by atoms with Gasteiger partial charge in [-0.05, 0) is 31.9 Å². The molecule has 1 aromatic heterocycles. The number of aryl methyl sites for hydroxylation is 1. The molecule has 0 atom stereocenters. The lowest BCUT2D eigenvalue weighted by molar-refractivity contribution is -0.117. The number of carbonyl (C=O) groups is 1. The molecular formula is C14H13F2N3O. The molecule has 0 bridgehead atoms. The van der Waals surface area contributed by atoms with Crippen LogP contribution in [-0.4, -0.2) is 15.7 Å². The van der Waals surface area contributed by atoms with Crippen molar-refractivity contribution >= 4 is 11.7 Å². The number of nitrogens with zero attached hydrogens (tertiary/aromatic N) is 2. The van der Waals surface area contributed by atoms with Crippen LogP contribution in [0.25, 0.3) is 5.69 Å². The minimum atomic E-state index is -0.698. The van der Waals surface area contributed by atoms with E-state index in [-0.39, 0.29) is 17.5 Å². The number of hydrogen-bond donors (Lipinski definition) is 1. The van der Waals surface area contributed by atoms with Crippen LogP contribution in [0.3, 0.4) is 0 Å². The van der Waals surface area contributed by atoms with E-state index in [2.05, 4.69) is 10.4 Å². The highest BCUT2D eigenvalue weighted by molar-refractivity contribution is 5.93. The first-order valence-corrected chi connectivity index (χ1v) is 6.37. The summed E-state index contributed by atoms with van der Waals surface area (Å²) in [5.41, 5.74) is 0.803. The Morgan fingerprint density at radius 2 is 2.10 bits per heavy atom. The Labute approximate surface area is 114 Å². The van der Waals surface area contributed by atoms with Crippen molar-refractivity contribution < 1.29 is 13.6 Å². The Morgan fingerprint density at radius 1 is 1.35 bits per heavy atom. The average Bonchev–Trinajstić information content (AvgIpc) is 3.16. The molecule has 0 radical (unpaired) electrons. The van der Waals surface area contributed by atoms with Gasteiger partial charge >= 0.3 is 0 Å². The molecule has 4 nitrogen and oxygen atoms in total. The van der Waals surface area contributed by atoms with Crippen LogP contribution in [0.2, 0.25) is 0 Å². The highest BCUT2D eigenvalue weighted by Gasteiger charge is 2.30. The summed E-state index contributed by atoms with van der Waals surface area (Å²) in [4.78, 5) is 11.7. The van der Waals surface area contributed by atoms with Gasteiger partial charge < -0.3 is 5.32 Å². The Hall–Kier alpha value is -2.24. The van der Waals surface area contributed by atoms with E-state index in [0.29, 0.717) is 11.5 Å². The first-order valence-electron chi connectivity index (χ1n) is 6.37. The molecule has 0 spiro atoms. The zero-order chi connectivity index (χ0) is 14.3. The van der Waals surface area contributed by atoms with E-state index in [1.54, 1.807) is 13.0 Å². The number of rotatable bonds is 3. The lowest BCUT2D eigenvalue weighted by Gasteiger charge is -2.05. The lowest BCUT2D eigenvalue weighted by Crippen LogP contribution is -2.14. The molecule has 1 saturated carbocycles. The van der Waals surface area contributed by atoms with Crippen LogP contribution >= 0.6 is 0 Å². The third kappa shape index (κ3) is 2.41. The molecule has 6 heteroatoms. The normalized spacial score (nSPS) is 14.3. The Balaban J connectivity index is 1.89. The van der Waals surface area contributed by atoms with Gasteiger partial charge in [0.2, 0.25) is 5.91 Å². The fourth-order valence-corrected chi connectivity index (χ4v) is 2.01. The summed E-state index contributed by atoms with van der Waals surface area (Å²) in [5, 5.41) is 6.84. The van der Waals surface area contributed by atoms with Gasteiger partial charge in [-0.3, -0.25) is 4.79 Å². The van der Waals surface area contributed by atoms with E-state index in [1.807, 2.05) is 0 Å². The summed E-state index contributed by atoms with van der Waals surface area (Å²) in [6.07, 6.45) is 1.80. The van der Waals surface area contributed by atoms with Crippen molar-refractivity contribution in [3.8, 4) is 5.69 Å². The van der Waals surface area contributed by atoms with Crippen LogP contribution in [0.15, 0.2) is 24.3 Å². The maximum atomic E-state index is 13.7. The van der Waals surface area contributed by atoms with E-state index < -0.39 is 11.6 Å². The maximum Gasteiger partial charge on any atom is 0.228 e. The number of amides is 1. The van der Waals surface area contributed by atoms with Gasteiger partial charge in [0.05, 0.1) is 0 Å². The molecule has 1 amide bonds. The number of carbonyl (C=O) groups excluding carboxylic acids is 1. The van der Waals surface area contributed by atoms with Crippen molar-refractivity contribution in [1.82, 2.24) is 9.78 Å². The average molecular weight is 277 g/mol. The van der Waals surface area contributed by atoms with Crippen molar-refractivity contribution in [2.45, 2.75) is 19.8 Å². The highest BCUT2D eigenvalue weighted by Crippen LogP contribution is 2.30. The molecule has 0 aliphatic heterocycles. The molecule has 1 fully saturated rings. The van der Waals surface area contributed by atoms with Gasteiger partial charge in [0, 0.05) is 23.7 Å². The van der Waals surface area contributed by atoms with Gasteiger partial charge in [0.1, 0.15) is 11.5 Å². The van der Waals surface area contributed by atoms with E-state index in [4.69, 9.17) is 0 Å². The van der Waals surface area contributed by atoms with Crippen LogP contribution in [0, 0.1) is 24.5 Å². The minimum Gasteiger partial charge on any atom is -0.309 e. The molecule has 1 aliphatic carbocycles. The fourth-order valence-electron chi connectivity index (χ4n) is 2.01. The van der Waals surface area contributed by atoms with Crippen LogP contribution in [0.1, 0.15) is 18.5 Å². The van der Waals surface area contributed by atoms with Crippen molar-refractivity contribution in [3.05, 3.63) is 41.6 Å². The highest BCUT2D eigenvalue weighted by atomic mass is 19.1. The topological polar surface area (TPSA) is 46.9 Å². The second-order valence-electron chi connectivity index (χ2n) is 4.94. The second kappa shape index (κ2) is 4.70. The molecule has 0 unspecified atom stereocenters. The van der Waals surface area contributed by atoms with Gasteiger partial charge in [0.25, 0.3) is 0 Å². The van der Waals surface area contributed by atoms with Gasteiger partial charge in [-0.25, -0.2) is 13.5 Å². The first-order chi connectivity index (χ1) is 9.54. The van der Waals surface area contributed by atoms with E-state index >= 15 is 0 Å². The van der Waals surface area contributed by atoms with Crippen molar-refractivity contribution in [2.75, 3.05) is 5.32 Å². The van der Waals surface area contributed by atoms with Gasteiger partial charge in [-0.15, -0.1) is 5.10 Å². The minimum absolute atomic E-state index is 0.0609. The van der Waals surface area contributed by atoms with Crippen LogP contribution in [0.5, 0.6) is 0 Å². The van der Waals surface area contributed by atoms with Crippen LogP contribution in [0.4, 0.5) is 14.6 Å². The Morgan fingerprint density at radius 3 is 2.75 bits per heavy atom. The lowest BCUT2D eigenvalue weighted by atomic mass is 10.3. The molecule has 104 valence electrons.